The Morgan fingerprint density at radius 1 is 1.62 bits per heavy atom. The summed E-state index contributed by atoms with van der Waals surface area (Å²) in [7, 11) is -3.35. The van der Waals surface area contributed by atoms with Crippen LogP contribution in [0.1, 0.15) is 6.92 Å². The summed E-state index contributed by atoms with van der Waals surface area (Å²) in [5, 5.41) is 4.63. The van der Waals surface area contributed by atoms with Gasteiger partial charge in [-0.15, -0.1) is 0 Å². The molecule has 0 aliphatic carbocycles. The predicted octanol–water partition coefficient (Wildman–Crippen LogP) is -1.38. The van der Waals surface area contributed by atoms with Gasteiger partial charge in [0.2, 0.25) is 10.0 Å². The largest absolute Gasteiger partial charge is 0.327 e. The predicted molar refractivity (Wildman–Crippen MR) is 31.6 cm³/mol. The highest BCUT2D eigenvalue weighted by Crippen LogP contribution is 1.80. The number of nitrogens with two attached hydrogens (primary N) is 2. The van der Waals surface area contributed by atoms with Crippen molar-refractivity contribution in [3.8, 4) is 0 Å². The average molecular weight is 138 g/mol. The van der Waals surface area contributed by atoms with Crippen LogP contribution in [0.25, 0.3) is 0 Å². The Bertz CT molecular complexity index is 149. The van der Waals surface area contributed by atoms with Crippen molar-refractivity contribution in [1.82, 2.24) is 0 Å². The third kappa shape index (κ3) is 5.87. The van der Waals surface area contributed by atoms with Crippen LogP contribution in [0.4, 0.5) is 0 Å². The highest BCUT2D eigenvalue weighted by molar-refractivity contribution is 7.89. The number of hydrogen-bond acceptors (Lipinski definition) is 3. The molecule has 0 fully saturated rings. The molecule has 0 aliphatic rings. The van der Waals surface area contributed by atoms with Gasteiger partial charge in [0, 0.05) is 6.04 Å². The molecule has 0 saturated carbocycles. The second-order valence-corrected chi connectivity index (χ2v) is 3.47. The highest BCUT2D eigenvalue weighted by atomic mass is 32.2. The molecule has 0 unspecified atom stereocenters. The van der Waals surface area contributed by atoms with Crippen molar-refractivity contribution in [2.75, 3.05) is 5.75 Å². The van der Waals surface area contributed by atoms with Crippen LogP contribution in [-0.4, -0.2) is 20.2 Å². The van der Waals surface area contributed by atoms with Crippen LogP contribution in [-0.2, 0) is 10.0 Å². The smallest absolute Gasteiger partial charge is 0.210 e. The third-order valence-electron chi connectivity index (χ3n) is 0.495. The molecular formula is C3H10N2O2S. The molecule has 0 aromatic rings. The van der Waals surface area contributed by atoms with Crippen LogP contribution in [0.15, 0.2) is 0 Å². The number of rotatable bonds is 2. The quantitative estimate of drug-likeness (QED) is 0.493. The van der Waals surface area contributed by atoms with Crippen LogP contribution in [0.3, 0.4) is 0 Å². The molecule has 0 aromatic heterocycles. The first-order valence-electron chi connectivity index (χ1n) is 2.18. The maximum Gasteiger partial charge on any atom is 0.210 e. The Labute approximate surface area is 48.9 Å². The SMILES string of the molecule is C[C@@H](N)CS(N)(=O)=O. The van der Waals surface area contributed by atoms with Gasteiger partial charge >= 0.3 is 0 Å². The van der Waals surface area contributed by atoms with E-state index in [1.54, 1.807) is 6.92 Å². The normalized spacial score (nSPS) is 15.9. The molecule has 50 valence electrons. The van der Waals surface area contributed by atoms with E-state index >= 15 is 0 Å². The van der Waals surface area contributed by atoms with E-state index in [0.29, 0.717) is 0 Å². The third-order valence-corrected chi connectivity index (χ3v) is 1.49. The van der Waals surface area contributed by atoms with Crippen molar-refractivity contribution in [1.29, 1.82) is 0 Å². The zero-order valence-electron chi connectivity index (χ0n) is 4.66. The highest BCUT2D eigenvalue weighted by Gasteiger charge is 2.04. The molecule has 8 heavy (non-hydrogen) atoms. The van der Waals surface area contributed by atoms with Gasteiger partial charge in [0.25, 0.3) is 0 Å². The summed E-state index contributed by atoms with van der Waals surface area (Å²) in [6.07, 6.45) is 0. The monoisotopic (exact) mass is 138 g/mol. The van der Waals surface area contributed by atoms with Gasteiger partial charge in [0.1, 0.15) is 0 Å². The van der Waals surface area contributed by atoms with E-state index in [2.05, 4.69) is 5.14 Å². The van der Waals surface area contributed by atoms with Gasteiger partial charge in [0.15, 0.2) is 0 Å². The lowest BCUT2D eigenvalue weighted by atomic mass is 10.4. The molecule has 5 heteroatoms. The first kappa shape index (κ1) is 7.87. The van der Waals surface area contributed by atoms with Gasteiger partial charge in [-0.2, -0.15) is 0 Å². The fraction of sp³-hybridized carbons (Fsp3) is 1.00. The second kappa shape index (κ2) is 2.43. The molecule has 0 rings (SSSR count). The molecule has 4 nitrogen and oxygen atoms in total. The van der Waals surface area contributed by atoms with E-state index in [9.17, 15) is 8.42 Å². The first-order chi connectivity index (χ1) is 3.42. The summed E-state index contributed by atoms with van der Waals surface area (Å²) in [6.45, 7) is 1.59. The molecule has 4 N–H and O–H groups in total. The second-order valence-electron chi connectivity index (χ2n) is 1.81. The van der Waals surface area contributed by atoms with Crippen molar-refractivity contribution >= 4 is 10.0 Å². The average Bonchev–Trinajstić information content (AvgIpc) is 1.21. The Morgan fingerprint density at radius 2 is 2.00 bits per heavy atom. The van der Waals surface area contributed by atoms with E-state index in [0.717, 1.165) is 0 Å². The molecule has 1 atom stereocenters. The van der Waals surface area contributed by atoms with Gasteiger partial charge in [-0.25, -0.2) is 13.6 Å². The molecule has 0 radical (unpaired) electrons. The van der Waals surface area contributed by atoms with Crippen LogP contribution in [0.2, 0.25) is 0 Å². The van der Waals surface area contributed by atoms with Crippen molar-refractivity contribution in [2.45, 2.75) is 13.0 Å². The lowest BCUT2D eigenvalue weighted by Gasteiger charge is -1.99. The summed E-state index contributed by atoms with van der Waals surface area (Å²) in [5.74, 6) is -0.146. The van der Waals surface area contributed by atoms with Crippen molar-refractivity contribution in [3.05, 3.63) is 0 Å². The number of hydrogen-bond donors (Lipinski definition) is 2. The van der Waals surface area contributed by atoms with E-state index in [1.807, 2.05) is 0 Å². The van der Waals surface area contributed by atoms with Crippen molar-refractivity contribution in [2.24, 2.45) is 10.9 Å². The molecule has 0 heterocycles. The molecule has 0 spiro atoms. The molecule has 0 saturated heterocycles. The maximum atomic E-state index is 10.1. The standard InChI is InChI=1S/C3H10N2O2S/c1-3(4)2-8(5,6)7/h3H,2,4H2,1H3,(H2,5,6,7)/t3-/m1/s1. The summed E-state index contributed by atoms with van der Waals surface area (Å²) in [4.78, 5) is 0. The lowest BCUT2D eigenvalue weighted by Crippen LogP contribution is -2.30. The molecule has 0 amide bonds. The molecule has 0 bridgehead atoms. The van der Waals surface area contributed by atoms with Crippen LogP contribution in [0.5, 0.6) is 0 Å². The van der Waals surface area contributed by atoms with E-state index in [-0.39, 0.29) is 11.8 Å². The Balaban J connectivity index is 3.75. The fourth-order valence-corrected chi connectivity index (χ4v) is 1.10. The van der Waals surface area contributed by atoms with Crippen LogP contribution >= 0.6 is 0 Å². The topological polar surface area (TPSA) is 86.2 Å². The maximum absolute atomic E-state index is 10.1. The number of primary sulfonamides is 1. The molecular weight excluding hydrogens is 128 g/mol. The molecule has 0 aliphatic heterocycles. The van der Waals surface area contributed by atoms with Crippen LogP contribution in [0, 0.1) is 0 Å². The summed E-state index contributed by atoms with van der Waals surface area (Å²) >= 11 is 0. The van der Waals surface area contributed by atoms with Crippen LogP contribution < -0.4 is 10.9 Å². The summed E-state index contributed by atoms with van der Waals surface area (Å²) in [6, 6.07) is -0.370. The lowest BCUT2D eigenvalue weighted by molar-refractivity contribution is 0.592. The zero-order valence-corrected chi connectivity index (χ0v) is 5.48. The Kier molecular flexibility index (Phi) is 2.39. The van der Waals surface area contributed by atoms with E-state index in [1.165, 1.54) is 0 Å². The van der Waals surface area contributed by atoms with Gasteiger partial charge < -0.3 is 5.73 Å². The van der Waals surface area contributed by atoms with Gasteiger partial charge in [0.05, 0.1) is 5.75 Å². The Hall–Kier alpha value is -0.130. The van der Waals surface area contributed by atoms with Gasteiger partial charge in [-0.05, 0) is 6.92 Å². The van der Waals surface area contributed by atoms with E-state index < -0.39 is 10.0 Å². The summed E-state index contributed by atoms with van der Waals surface area (Å²) in [5.41, 5.74) is 5.12. The number of sulfonamides is 1. The minimum Gasteiger partial charge on any atom is -0.327 e. The minimum absolute atomic E-state index is 0.146. The Morgan fingerprint density at radius 3 is 2.00 bits per heavy atom. The summed E-state index contributed by atoms with van der Waals surface area (Å²) < 4.78 is 20.3. The van der Waals surface area contributed by atoms with E-state index in [4.69, 9.17) is 5.73 Å². The fourth-order valence-electron chi connectivity index (χ4n) is 0.366. The van der Waals surface area contributed by atoms with Crippen molar-refractivity contribution < 1.29 is 8.42 Å². The zero-order chi connectivity index (χ0) is 6.78. The van der Waals surface area contributed by atoms with Gasteiger partial charge in [-0.1, -0.05) is 0 Å². The minimum atomic E-state index is -3.35. The molecule has 0 aromatic carbocycles. The first-order valence-corrected chi connectivity index (χ1v) is 3.89. The van der Waals surface area contributed by atoms with Gasteiger partial charge in [-0.3, -0.25) is 0 Å². The van der Waals surface area contributed by atoms with Crippen molar-refractivity contribution in [3.63, 3.8) is 0 Å².